The van der Waals surface area contributed by atoms with Crippen molar-refractivity contribution in [2.75, 3.05) is 0 Å². The normalized spacial score (nSPS) is 10.1. The van der Waals surface area contributed by atoms with Gasteiger partial charge in [-0.15, -0.1) is 0 Å². The lowest BCUT2D eigenvalue weighted by Crippen LogP contribution is -1.88. The molecule has 0 saturated carbocycles. The van der Waals surface area contributed by atoms with E-state index in [9.17, 15) is 0 Å². The van der Waals surface area contributed by atoms with E-state index in [1.54, 1.807) is 0 Å². The van der Waals surface area contributed by atoms with Crippen molar-refractivity contribution in [3.05, 3.63) is 77.4 Å². The van der Waals surface area contributed by atoms with Gasteiger partial charge in [0.25, 0.3) is 0 Å². The van der Waals surface area contributed by atoms with Gasteiger partial charge in [0.2, 0.25) is 0 Å². The van der Waals surface area contributed by atoms with Gasteiger partial charge in [-0.1, -0.05) is 55.1 Å². The first-order valence-corrected chi connectivity index (χ1v) is 5.50. The molecule has 80 valence electrons. The fraction of sp³-hybridized carbons (Fsp3) is 0.125. The van der Waals surface area contributed by atoms with E-state index in [0.717, 1.165) is 5.57 Å². The van der Waals surface area contributed by atoms with E-state index in [-0.39, 0.29) is 0 Å². The Bertz CT molecular complexity index is 507. The van der Waals surface area contributed by atoms with Crippen LogP contribution in [0.15, 0.2) is 55.1 Å². The smallest absolute Gasteiger partial charge is 0.0181 e. The molecule has 0 radical (unpaired) electrons. The Labute approximate surface area is 97.3 Å². The van der Waals surface area contributed by atoms with Crippen molar-refractivity contribution >= 4 is 5.57 Å². The summed E-state index contributed by atoms with van der Waals surface area (Å²) in [5.74, 6) is 0. The monoisotopic (exact) mass is 208 g/mol. The van der Waals surface area contributed by atoms with Gasteiger partial charge in [0.05, 0.1) is 0 Å². The van der Waals surface area contributed by atoms with Crippen LogP contribution in [0.5, 0.6) is 0 Å². The zero-order chi connectivity index (χ0) is 11.5. The summed E-state index contributed by atoms with van der Waals surface area (Å²) in [6, 6.07) is 16.8. The Balaban J connectivity index is 2.39. The highest BCUT2D eigenvalue weighted by molar-refractivity contribution is 5.78. The fourth-order valence-corrected chi connectivity index (χ4v) is 1.74. The molecule has 0 aliphatic heterocycles. The SMILES string of the molecule is C=C(c1ccccc1)c1ccc(C)c(C)c1. The first-order chi connectivity index (χ1) is 7.68. The van der Waals surface area contributed by atoms with E-state index < -0.39 is 0 Å². The van der Waals surface area contributed by atoms with E-state index in [1.165, 1.54) is 22.3 Å². The molecule has 2 rings (SSSR count). The van der Waals surface area contributed by atoms with Crippen molar-refractivity contribution in [2.45, 2.75) is 13.8 Å². The Hall–Kier alpha value is -1.82. The Kier molecular flexibility index (Phi) is 2.91. The van der Waals surface area contributed by atoms with Gasteiger partial charge in [0, 0.05) is 0 Å². The number of aryl methyl sites for hydroxylation is 2. The molecule has 0 bridgehead atoms. The van der Waals surface area contributed by atoms with Gasteiger partial charge >= 0.3 is 0 Å². The number of benzene rings is 2. The zero-order valence-corrected chi connectivity index (χ0v) is 9.83. The quantitative estimate of drug-likeness (QED) is 0.687. The van der Waals surface area contributed by atoms with Crippen LogP contribution in [-0.4, -0.2) is 0 Å². The molecule has 2 aromatic rings. The second-order valence-electron chi connectivity index (χ2n) is 4.14. The van der Waals surface area contributed by atoms with Gasteiger partial charge in [-0.05, 0) is 41.7 Å². The highest BCUT2D eigenvalue weighted by Crippen LogP contribution is 2.23. The van der Waals surface area contributed by atoms with Crippen LogP contribution in [0.1, 0.15) is 22.3 Å². The standard InChI is InChI=1S/C16H16/c1-12-9-10-16(11-13(12)2)14(3)15-7-5-4-6-8-15/h4-11H,3H2,1-2H3. The Morgan fingerprint density at radius 2 is 1.50 bits per heavy atom. The van der Waals surface area contributed by atoms with Crippen LogP contribution in [0.2, 0.25) is 0 Å². The topological polar surface area (TPSA) is 0 Å². The summed E-state index contributed by atoms with van der Waals surface area (Å²) in [6.45, 7) is 8.43. The molecule has 0 saturated heterocycles. The van der Waals surface area contributed by atoms with Crippen LogP contribution in [0, 0.1) is 13.8 Å². The molecule has 0 aliphatic carbocycles. The average Bonchev–Trinajstić information content (AvgIpc) is 2.33. The summed E-state index contributed by atoms with van der Waals surface area (Å²) in [7, 11) is 0. The van der Waals surface area contributed by atoms with E-state index >= 15 is 0 Å². The van der Waals surface area contributed by atoms with Crippen LogP contribution < -0.4 is 0 Å². The minimum atomic E-state index is 1.09. The van der Waals surface area contributed by atoms with Crippen LogP contribution >= 0.6 is 0 Å². The molecule has 16 heavy (non-hydrogen) atoms. The van der Waals surface area contributed by atoms with Gasteiger partial charge in [-0.25, -0.2) is 0 Å². The van der Waals surface area contributed by atoms with Gasteiger partial charge in [0.15, 0.2) is 0 Å². The molecule has 0 aliphatic rings. The minimum absolute atomic E-state index is 1.09. The van der Waals surface area contributed by atoms with Gasteiger partial charge in [0.1, 0.15) is 0 Å². The van der Waals surface area contributed by atoms with E-state index in [4.69, 9.17) is 0 Å². The Morgan fingerprint density at radius 1 is 0.812 bits per heavy atom. The van der Waals surface area contributed by atoms with E-state index in [2.05, 4.69) is 50.8 Å². The zero-order valence-electron chi connectivity index (χ0n) is 9.83. The third kappa shape index (κ3) is 2.06. The molecule has 0 spiro atoms. The van der Waals surface area contributed by atoms with Crippen molar-refractivity contribution in [1.82, 2.24) is 0 Å². The van der Waals surface area contributed by atoms with E-state index in [1.807, 2.05) is 18.2 Å². The third-order valence-corrected chi connectivity index (χ3v) is 2.98. The molecule has 2 aromatic carbocycles. The molecule has 0 N–H and O–H groups in total. The van der Waals surface area contributed by atoms with Crippen molar-refractivity contribution < 1.29 is 0 Å². The Morgan fingerprint density at radius 3 is 2.12 bits per heavy atom. The lowest BCUT2D eigenvalue weighted by molar-refractivity contribution is 1.33. The van der Waals surface area contributed by atoms with E-state index in [0.29, 0.717) is 0 Å². The first-order valence-electron chi connectivity index (χ1n) is 5.50. The van der Waals surface area contributed by atoms with Crippen molar-refractivity contribution in [2.24, 2.45) is 0 Å². The lowest BCUT2D eigenvalue weighted by Gasteiger charge is -2.08. The molecule has 0 amide bonds. The summed E-state index contributed by atoms with van der Waals surface area (Å²) in [5.41, 5.74) is 6.11. The average molecular weight is 208 g/mol. The van der Waals surface area contributed by atoms with Gasteiger partial charge in [-0.2, -0.15) is 0 Å². The predicted octanol–water partition coefficient (Wildman–Crippen LogP) is 4.36. The highest BCUT2D eigenvalue weighted by atomic mass is 14.1. The second-order valence-corrected chi connectivity index (χ2v) is 4.14. The second kappa shape index (κ2) is 4.36. The van der Waals surface area contributed by atoms with Crippen LogP contribution in [-0.2, 0) is 0 Å². The molecular formula is C16H16. The first kappa shape index (κ1) is 10.7. The third-order valence-electron chi connectivity index (χ3n) is 2.98. The van der Waals surface area contributed by atoms with Crippen LogP contribution in [0.25, 0.3) is 5.57 Å². The van der Waals surface area contributed by atoms with Crippen molar-refractivity contribution in [1.29, 1.82) is 0 Å². The molecule has 0 heterocycles. The molecular weight excluding hydrogens is 192 g/mol. The maximum absolute atomic E-state index is 4.17. The number of hydrogen-bond donors (Lipinski definition) is 0. The summed E-state index contributed by atoms with van der Waals surface area (Å²) >= 11 is 0. The maximum Gasteiger partial charge on any atom is -0.0181 e. The van der Waals surface area contributed by atoms with Crippen LogP contribution in [0.4, 0.5) is 0 Å². The van der Waals surface area contributed by atoms with Crippen LogP contribution in [0.3, 0.4) is 0 Å². The summed E-state index contributed by atoms with van der Waals surface area (Å²) < 4.78 is 0. The largest absolute Gasteiger partial charge is 0.0906 e. The predicted molar refractivity (Wildman–Crippen MR) is 70.5 cm³/mol. The summed E-state index contributed by atoms with van der Waals surface area (Å²) in [5, 5.41) is 0. The molecule has 0 atom stereocenters. The fourth-order valence-electron chi connectivity index (χ4n) is 1.74. The molecule has 0 nitrogen and oxygen atoms in total. The van der Waals surface area contributed by atoms with Crippen molar-refractivity contribution in [3.8, 4) is 0 Å². The van der Waals surface area contributed by atoms with Gasteiger partial charge in [-0.3, -0.25) is 0 Å². The number of rotatable bonds is 2. The lowest BCUT2D eigenvalue weighted by atomic mass is 9.96. The van der Waals surface area contributed by atoms with Gasteiger partial charge < -0.3 is 0 Å². The summed E-state index contributed by atoms with van der Waals surface area (Å²) in [6.07, 6.45) is 0. The van der Waals surface area contributed by atoms with Crippen molar-refractivity contribution in [3.63, 3.8) is 0 Å². The molecule has 0 fully saturated rings. The molecule has 0 heteroatoms. The highest BCUT2D eigenvalue weighted by Gasteiger charge is 2.02. The molecule has 0 aromatic heterocycles. The molecule has 0 unspecified atom stereocenters. The maximum atomic E-state index is 4.17. The summed E-state index contributed by atoms with van der Waals surface area (Å²) in [4.78, 5) is 0. The number of hydrogen-bond acceptors (Lipinski definition) is 0. The minimum Gasteiger partial charge on any atom is -0.0906 e.